The van der Waals surface area contributed by atoms with Crippen molar-refractivity contribution in [3.05, 3.63) is 36.0 Å². The Morgan fingerprint density at radius 1 is 1.21 bits per heavy atom. The summed E-state index contributed by atoms with van der Waals surface area (Å²) >= 11 is 0. The van der Waals surface area contributed by atoms with E-state index in [9.17, 15) is 0 Å². The Labute approximate surface area is 113 Å². The number of hydrogen-bond acceptors (Lipinski definition) is 5. The minimum atomic E-state index is 0.523. The molecule has 1 aromatic heterocycles. The number of nitrogens with one attached hydrogen (secondary N) is 1. The molecular weight excluding hydrogens is 238 g/mol. The van der Waals surface area contributed by atoms with Gasteiger partial charge >= 0.3 is 0 Å². The molecule has 2 rings (SSSR count). The fraction of sp³-hybridized carbons (Fsp3) is 0.357. The molecule has 0 saturated carbocycles. The molecule has 0 aliphatic rings. The molecule has 0 aliphatic heterocycles. The van der Waals surface area contributed by atoms with Crippen LogP contribution in [0.2, 0.25) is 0 Å². The van der Waals surface area contributed by atoms with Crippen molar-refractivity contribution >= 4 is 17.5 Å². The van der Waals surface area contributed by atoms with Crippen molar-refractivity contribution < 1.29 is 0 Å². The van der Waals surface area contributed by atoms with E-state index in [0.717, 1.165) is 24.6 Å². The third-order valence-corrected chi connectivity index (χ3v) is 2.91. The van der Waals surface area contributed by atoms with E-state index in [1.807, 2.05) is 18.2 Å². The summed E-state index contributed by atoms with van der Waals surface area (Å²) in [6.45, 7) is 8.05. The van der Waals surface area contributed by atoms with Gasteiger partial charge in [-0.05, 0) is 38.5 Å². The quantitative estimate of drug-likeness (QED) is 0.892. The highest BCUT2D eigenvalue weighted by Crippen LogP contribution is 2.16. The van der Waals surface area contributed by atoms with Gasteiger partial charge in [0.15, 0.2) is 5.82 Å². The van der Waals surface area contributed by atoms with E-state index in [4.69, 9.17) is 0 Å². The lowest BCUT2D eigenvalue weighted by Gasteiger charge is -2.19. The van der Waals surface area contributed by atoms with Crippen molar-refractivity contribution in [2.75, 3.05) is 23.3 Å². The van der Waals surface area contributed by atoms with Crippen LogP contribution in [0.5, 0.6) is 0 Å². The highest BCUT2D eigenvalue weighted by atomic mass is 15.3. The lowest BCUT2D eigenvalue weighted by molar-refractivity contribution is 0.826. The molecular formula is C14H19N5. The minimum absolute atomic E-state index is 0.523. The van der Waals surface area contributed by atoms with Crippen molar-refractivity contribution in [2.45, 2.75) is 20.8 Å². The first-order chi connectivity index (χ1) is 9.22. The van der Waals surface area contributed by atoms with Crippen LogP contribution < -0.4 is 10.2 Å². The molecule has 0 aliphatic carbocycles. The molecule has 0 fully saturated rings. The topological polar surface area (TPSA) is 53.9 Å². The summed E-state index contributed by atoms with van der Waals surface area (Å²) in [6, 6.07) is 8.09. The average Bonchev–Trinajstić information content (AvgIpc) is 2.41. The van der Waals surface area contributed by atoms with Crippen LogP contribution >= 0.6 is 0 Å². The maximum Gasteiger partial charge on any atom is 0.249 e. The highest BCUT2D eigenvalue weighted by molar-refractivity contribution is 5.55. The Bertz CT molecular complexity index is 537. The number of benzene rings is 1. The van der Waals surface area contributed by atoms with Crippen molar-refractivity contribution in [1.82, 2.24) is 15.2 Å². The molecule has 5 nitrogen and oxygen atoms in total. The van der Waals surface area contributed by atoms with Crippen LogP contribution in [0, 0.1) is 6.92 Å². The van der Waals surface area contributed by atoms with Crippen LogP contribution in [-0.2, 0) is 0 Å². The second-order valence-electron chi connectivity index (χ2n) is 4.30. The smallest absolute Gasteiger partial charge is 0.249 e. The third-order valence-electron chi connectivity index (χ3n) is 2.91. The molecule has 0 saturated heterocycles. The van der Waals surface area contributed by atoms with Gasteiger partial charge in [0.05, 0.1) is 6.20 Å². The van der Waals surface area contributed by atoms with Crippen molar-refractivity contribution in [2.24, 2.45) is 0 Å². The predicted molar refractivity (Wildman–Crippen MR) is 77.8 cm³/mol. The second-order valence-corrected chi connectivity index (χ2v) is 4.30. The van der Waals surface area contributed by atoms with Gasteiger partial charge in [0, 0.05) is 18.8 Å². The van der Waals surface area contributed by atoms with E-state index in [1.54, 1.807) is 6.20 Å². The van der Waals surface area contributed by atoms with Gasteiger partial charge < -0.3 is 10.2 Å². The molecule has 0 amide bonds. The standard InChI is InChI=1S/C14H19N5/c1-4-19(5-2)13-10-15-18-14(17-13)16-12-8-6-7-11(3)9-12/h6-10H,4-5H2,1-3H3,(H,16,17,18). The Hall–Kier alpha value is -2.17. The second kappa shape index (κ2) is 6.13. The Morgan fingerprint density at radius 2 is 2.00 bits per heavy atom. The zero-order valence-electron chi connectivity index (χ0n) is 11.6. The number of hydrogen-bond donors (Lipinski definition) is 1. The van der Waals surface area contributed by atoms with E-state index >= 15 is 0 Å². The maximum absolute atomic E-state index is 4.48. The molecule has 0 spiro atoms. The average molecular weight is 257 g/mol. The zero-order chi connectivity index (χ0) is 13.7. The van der Waals surface area contributed by atoms with Crippen molar-refractivity contribution in [3.8, 4) is 0 Å². The van der Waals surface area contributed by atoms with Crippen LogP contribution in [0.1, 0.15) is 19.4 Å². The molecule has 5 heteroatoms. The summed E-state index contributed by atoms with van der Waals surface area (Å²) in [5.74, 6) is 1.37. The van der Waals surface area contributed by atoms with Gasteiger partial charge in [-0.25, -0.2) is 0 Å². The van der Waals surface area contributed by atoms with Gasteiger partial charge in [-0.2, -0.15) is 10.1 Å². The van der Waals surface area contributed by atoms with Crippen LogP contribution in [-0.4, -0.2) is 28.3 Å². The molecule has 0 atom stereocenters. The Balaban J connectivity index is 2.19. The number of anilines is 3. The first kappa shape index (κ1) is 13.3. The monoisotopic (exact) mass is 257 g/mol. The summed E-state index contributed by atoms with van der Waals surface area (Å²) in [7, 11) is 0. The molecule has 0 radical (unpaired) electrons. The molecule has 19 heavy (non-hydrogen) atoms. The summed E-state index contributed by atoms with van der Waals surface area (Å²) in [5.41, 5.74) is 2.16. The van der Waals surface area contributed by atoms with E-state index in [2.05, 4.69) is 52.2 Å². The number of aromatic nitrogens is 3. The summed E-state index contributed by atoms with van der Waals surface area (Å²) in [6.07, 6.45) is 1.69. The van der Waals surface area contributed by atoms with Gasteiger partial charge in [0.2, 0.25) is 5.95 Å². The number of rotatable bonds is 5. The van der Waals surface area contributed by atoms with Crippen LogP contribution in [0.3, 0.4) is 0 Å². The van der Waals surface area contributed by atoms with Crippen molar-refractivity contribution in [3.63, 3.8) is 0 Å². The number of nitrogens with zero attached hydrogens (tertiary/aromatic N) is 4. The van der Waals surface area contributed by atoms with E-state index in [-0.39, 0.29) is 0 Å². The molecule has 0 bridgehead atoms. The third kappa shape index (κ3) is 3.40. The first-order valence-corrected chi connectivity index (χ1v) is 6.51. The van der Waals surface area contributed by atoms with Gasteiger partial charge in [-0.15, -0.1) is 5.10 Å². The molecule has 1 heterocycles. The summed E-state index contributed by atoms with van der Waals surface area (Å²) in [5, 5.41) is 11.2. The zero-order valence-corrected chi connectivity index (χ0v) is 11.6. The normalized spacial score (nSPS) is 10.3. The maximum atomic E-state index is 4.48. The van der Waals surface area contributed by atoms with Gasteiger partial charge in [-0.1, -0.05) is 12.1 Å². The highest BCUT2D eigenvalue weighted by Gasteiger charge is 2.06. The van der Waals surface area contributed by atoms with Gasteiger partial charge in [0.1, 0.15) is 0 Å². The summed E-state index contributed by atoms with van der Waals surface area (Å²) in [4.78, 5) is 6.62. The molecule has 1 N–H and O–H groups in total. The summed E-state index contributed by atoms with van der Waals surface area (Å²) < 4.78 is 0. The minimum Gasteiger partial charge on any atom is -0.356 e. The van der Waals surface area contributed by atoms with E-state index in [1.165, 1.54) is 5.56 Å². The van der Waals surface area contributed by atoms with Gasteiger partial charge in [0.25, 0.3) is 0 Å². The van der Waals surface area contributed by atoms with E-state index < -0.39 is 0 Å². The van der Waals surface area contributed by atoms with Crippen LogP contribution in [0.25, 0.3) is 0 Å². The van der Waals surface area contributed by atoms with Crippen LogP contribution in [0.4, 0.5) is 17.5 Å². The largest absolute Gasteiger partial charge is 0.356 e. The Morgan fingerprint density at radius 3 is 2.68 bits per heavy atom. The predicted octanol–water partition coefficient (Wildman–Crippen LogP) is 2.77. The first-order valence-electron chi connectivity index (χ1n) is 6.51. The lowest BCUT2D eigenvalue weighted by Crippen LogP contribution is -2.23. The van der Waals surface area contributed by atoms with Crippen molar-refractivity contribution in [1.29, 1.82) is 0 Å². The number of aryl methyl sites for hydroxylation is 1. The molecule has 1 aromatic carbocycles. The fourth-order valence-corrected chi connectivity index (χ4v) is 1.90. The molecule has 0 unspecified atom stereocenters. The van der Waals surface area contributed by atoms with E-state index in [0.29, 0.717) is 5.95 Å². The van der Waals surface area contributed by atoms with Gasteiger partial charge in [-0.3, -0.25) is 0 Å². The van der Waals surface area contributed by atoms with Crippen LogP contribution in [0.15, 0.2) is 30.5 Å². The lowest BCUT2D eigenvalue weighted by atomic mass is 10.2. The fourth-order valence-electron chi connectivity index (χ4n) is 1.90. The molecule has 2 aromatic rings. The molecule has 100 valence electrons. The SMILES string of the molecule is CCN(CC)c1cnnc(Nc2cccc(C)c2)n1. The Kier molecular flexibility index (Phi) is 4.28.